The van der Waals surface area contributed by atoms with E-state index in [1.54, 1.807) is 0 Å². The van der Waals surface area contributed by atoms with E-state index in [1.807, 2.05) is 12.1 Å². The van der Waals surface area contributed by atoms with E-state index in [1.165, 1.54) is 33.4 Å². The van der Waals surface area contributed by atoms with E-state index in [2.05, 4.69) is 88.4 Å². The van der Waals surface area contributed by atoms with Gasteiger partial charge in [-0.1, -0.05) is 79.1 Å². The molecule has 0 aliphatic heterocycles. The molecule has 4 aromatic rings. The summed E-state index contributed by atoms with van der Waals surface area (Å²) in [5.74, 6) is 3.27. The van der Waals surface area contributed by atoms with Crippen LogP contribution in [0.25, 0.3) is 22.3 Å². The van der Waals surface area contributed by atoms with E-state index in [4.69, 9.17) is 18.9 Å². The van der Waals surface area contributed by atoms with E-state index < -0.39 is 5.41 Å². The Kier molecular flexibility index (Phi) is 17.0. The number of fused-ring (bicyclic) bond motifs is 10. The van der Waals surface area contributed by atoms with Crippen molar-refractivity contribution in [3.63, 3.8) is 0 Å². The van der Waals surface area contributed by atoms with Crippen LogP contribution >= 0.6 is 0 Å². The molecule has 6 heteroatoms. The smallest absolute Gasteiger partial charge is 0.161 e. The van der Waals surface area contributed by atoms with Gasteiger partial charge in [-0.25, -0.2) is 0 Å². The number of hydrogen-bond donors (Lipinski definition) is 0. The first-order valence-electron chi connectivity index (χ1n) is 19.1. The Hall–Kier alpha value is -1.71. The van der Waals surface area contributed by atoms with Crippen LogP contribution in [0.2, 0.25) is 0 Å². The molecule has 4 nitrogen and oxygen atoms in total. The second-order valence-corrected chi connectivity index (χ2v) is 13.6. The van der Waals surface area contributed by atoms with Crippen LogP contribution in [-0.4, -0.2) is 26.4 Å². The molecule has 0 bridgehead atoms. The quantitative estimate of drug-likeness (QED) is 0.0567. The second kappa shape index (κ2) is 20.7. The summed E-state index contributed by atoms with van der Waals surface area (Å²) < 4.78 is 26.3. The van der Waals surface area contributed by atoms with Crippen LogP contribution in [0, 0.1) is 12.1 Å². The maximum absolute atomic E-state index is 6.61. The van der Waals surface area contributed by atoms with Gasteiger partial charge in [-0.2, -0.15) is 48.5 Å². The zero-order valence-electron chi connectivity index (χ0n) is 31.4. The monoisotopic (exact) mass is 836 g/mol. The Morgan fingerprint density at radius 3 is 1.10 bits per heavy atom. The molecule has 0 amide bonds. The van der Waals surface area contributed by atoms with Crippen LogP contribution in [0.4, 0.5) is 0 Å². The summed E-state index contributed by atoms with van der Waals surface area (Å²) in [6.07, 6.45) is 13.2. The SMILES string of the molecule is CCCCCOc1cc2c(cc1OCCCCC)C1(c3c[c-]ccc3-c3cc[c-]cc31)c1cc(OCCCCC)c(OCCCCC)cc1-2.[Y].[Y]. The molecule has 0 N–H and O–H groups in total. The maximum atomic E-state index is 6.61. The molecule has 0 fully saturated rings. The summed E-state index contributed by atoms with van der Waals surface area (Å²) in [5, 5.41) is 0. The van der Waals surface area contributed by atoms with Crippen molar-refractivity contribution in [3.05, 3.63) is 95.1 Å². The summed E-state index contributed by atoms with van der Waals surface area (Å²) >= 11 is 0. The normalized spacial score (nSPS) is 12.6. The van der Waals surface area contributed by atoms with Crippen molar-refractivity contribution in [2.75, 3.05) is 26.4 Å². The van der Waals surface area contributed by atoms with Crippen molar-refractivity contribution in [2.45, 2.75) is 110 Å². The molecule has 4 aromatic carbocycles. The predicted octanol–water partition coefficient (Wildman–Crippen LogP) is 11.9. The second-order valence-electron chi connectivity index (χ2n) is 13.6. The number of ether oxygens (including phenoxy) is 4. The van der Waals surface area contributed by atoms with Gasteiger partial charge in [0.25, 0.3) is 0 Å². The standard InChI is InChI=1S/C45H54O4.2Y/c1-5-9-17-25-46-41-29-35-36-30-42(47-26-18-10-6-2)44(49-28-20-12-8-4)32-40(36)45(39(35)31-43(41)48-27-19-11-7-3)37-23-15-13-21-33(37)34-22-14-16-24-38(34)45;;/h13-14,21-24,29-32H,5-12,17-20,25-28H2,1-4H3;;/q-2;;. The van der Waals surface area contributed by atoms with E-state index in [0.717, 1.165) is 111 Å². The van der Waals surface area contributed by atoms with Crippen molar-refractivity contribution in [2.24, 2.45) is 0 Å². The molecule has 0 saturated heterocycles. The van der Waals surface area contributed by atoms with E-state index in [-0.39, 0.29) is 65.4 Å². The summed E-state index contributed by atoms with van der Waals surface area (Å²) in [5.41, 5.74) is 9.07. The van der Waals surface area contributed by atoms with E-state index in [0.29, 0.717) is 26.4 Å². The van der Waals surface area contributed by atoms with Gasteiger partial charge in [0.15, 0.2) is 23.0 Å². The molecule has 0 heterocycles. The minimum atomic E-state index is -0.574. The third-order valence-electron chi connectivity index (χ3n) is 10.1. The van der Waals surface area contributed by atoms with Gasteiger partial charge in [-0.3, -0.25) is 0 Å². The first-order valence-corrected chi connectivity index (χ1v) is 19.1. The molecule has 2 radical (unpaired) electrons. The fourth-order valence-electron chi connectivity index (χ4n) is 7.60. The molecular weight excluding hydrogens is 782 g/mol. The first kappa shape index (κ1) is 42.0. The van der Waals surface area contributed by atoms with Gasteiger partial charge in [0, 0.05) is 65.4 Å². The topological polar surface area (TPSA) is 36.9 Å². The molecule has 2 aliphatic rings. The molecule has 2 aliphatic carbocycles. The zero-order chi connectivity index (χ0) is 34.1. The molecular formula is C45H54O4Y2-2. The molecule has 0 unspecified atom stereocenters. The summed E-state index contributed by atoms with van der Waals surface area (Å²) in [6, 6.07) is 28.8. The molecule has 0 atom stereocenters. The van der Waals surface area contributed by atoms with Gasteiger partial charge in [0.1, 0.15) is 0 Å². The Morgan fingerprint density at radius 1 is 0.431 bits per heavy atom. The van der Waals surface area contributed by atoms with Crippen LogP contribution in [-0.2, 0) is 70.8 Å². The van der Waals surface area contributed by atoms with Crippen LogP contribution in [0.3, 0.4) is 0 Å². The molecule has 0 saturated carbocycles. The van der Waals surface area contributed by atoms with Crippen molar-refractivity contribution in [1.82, 2.24) is 0 Å². The number of hydrogen-bond acceptors (Lipinski definition) is 4. The molecule has 0 aromatic heterocycles. The van der Waals surface area contributed by atoms with Crippen molar-refractivity contribution in [1.29, 1.82) is 0 Å². The third-order valence-corrected chi connectivity index (χ3v) is 10.1. The van der Waals surface area contributed by atoms with Crippen molar-refractivity contribution in [3.8, 4) is 45.3 Å². The third kappa shape index (κ3) is 8.82. The zero-order valence-corrected chi connectivity index (χ0v) is 37.1. The number of benzene rings is 4. The van der Waals surface area contributed by atoms with Crippen LogP contribution < -0.4 is 18.9 Å². The fraction of sp³-hybridized carbons (Fsp3) is 0.467. The Balaban J connectivity index is 0.00000292. The Morgan fingerprint density at radius 2 is 0.765 bits per heavy atom. The van der Waals surface area contributed by atoms with Crippen LogP contribution in [0.1, 0.15) is 127 Å². The van der Waals surface area contributed by atoms with Crippen LogP contribution in [0.15, 0.2) is 60.7 Å². The summed E-state index contributed by atoms with van der Waals surface area (Å²) in [6.45, 7) is 11.6. The van der Waals surface area contributed by atoms with Gasteiger partial charge in [-0.05, 0) is 77.6 Å². The summed E-state index contributed by atoms with van der Waals surface area (Å²) in [4.78, 5) is 0. The average Bonchev–Trinajstić information content (AvgIpc) is 3.58. The minimum absolute atomic E-state index is 0. The van der Waals surface area contributed by atoms with E-state index in [9.17, 15) is 0 Å². The summed E-state index contributed by atoms with van der Waals surface area (Å²) in [7, 11) is 0. The molecule has 6 rings (SSSR count). The molecule has 51 heavy (non-hydrogen) atoms. The first-order chi connectivity index (χ1) is 24.2. The molecule has 266 valence electrons. The predicted molar refractivity (Wildman–Crippen MR) is 200 cm³/mol. The van der Waals surface area contributed by atoms with Gasteiger partial charge >= 0.3 is 0 Å². The van der Waals surface area contributed by atoms with Crippen LogP contribution in [0.5, 0.6) is 23.0 Å². The van der Waals surface area contributed by atoms with Gasteiger partial charge in [-0.15, -0.1) is 22.3 Å². The van der Waals surface area contributed by atoms with E-state index >= 15 is 0 Å². The van der Waals surface area contributed by atoms with Crippen molar-refractivity contribution < 1.29 is 84.4 Å². The fourth-order valence-corrected chi connectivity index (χ4v) is 7.60. The van der Waals surface area contributed by atoms with Crippen molar-refractivity contribution >= 4 is 0 Å². The Labute approximate surface area is 357 Å². The van der Waals surface area contributed by atoms with Gasteiger partial charge in [0.2, 0.25) is 0 Å². The Bertz CT molecular complexity index is 1580. The largest absolute Gasteiger partial charge is 0.490 e. The van der Waals surface area contributed by atoms with Gasteiger partial charge < -0.3 is 18.9 Å². The number of unbranched alkanes of at least 4 members (excludes halogenated alkanes) is 8. The van der Waals surface area contributed by atoms with Gasteiger partial charge in [0.05, 0.1) is 26.4 Å². The maximum Gasteiger partial charge on any atom is 0.161 e. The minimum Gasteiger partial charge on any atom is -0.490 e. The number of rotatable bonds is 20. The molecule has 1 spiro atoms. The average molecular weight is 837 g/mol.